The first-order valence-corrected chi connectivity index (χ1v) is 10.8. The highest BCUT2D eigenvalue weighted by Gasteiger charge is 2.31. The molecule has 182 valence electrons. The van der Waals surface area contributed by atoms with E-state index >= 15 is 0 Å². The number of hydrogen-bond acceptors (Lipinski definition) is 4. The van der Waals surface area contributed by atoms with E-state index in [2.05, 4.69) is 10.3 Å². The van der Waals surface area contributed by atoms with Crippen molar-refractivity contribution in [3.8, 4) is 6.07 Å². The van der Waals surface area contributed by atoms with Crippen LogP contribution in [0.3, 0.4) is 0 Å². The molecule has 0 bridgehead atoms. The van der Waals surface area contributed by atoms with Crippen molar-refractivity contribution in [3.05, 3.63) is 100 Å². The molecular formula is C26H19F3N4O3. The summed E-state index contributed by atoms with van der Waals surface area (Å²) in [6.45, 7) is 1.57. The Morgan fingerprint density at radius 1 is 1.14 bits per heavy atom. The maximum Gasteiger partial charge on any atom is 0.416 e. The van der Waals surface area contributed by atoms with Gasteiger partial charge in [0.2, 0.25) is 0 Å². The van der Waals surface area contributed by atoms with Crippen LogP contribution in [-0.4, -0.2) is 26.5 Å². The van der Waals surface area contributed by atoms with E-state index in [0.29, 0.717) is 10.9 Å². The number of nitrogens with zero attached hydrogens (tertiary/aromatic N) is 3. The quantitative estimate of drug-likeness (QED) is 0.386. The van der Waals surface area contributed by atoms with Gasteiger partial charge in [-0.1, -0.05) is 24.3 Å². The third kappa shape index (κ3) is 4.77. The number of carboxylic acids is 1. The molecule has 2 N–H and O–H groups in total. The highest BCUT2D eigenvalue weighted by atomic mass is 19.4. The van der Waals surface area contributed by atoms with Crippen LogP contribution in [0.4, 0.5) is 13.2 Å². The van der Waals surface area contributed by atoms with Crippen LogP contribution < -0.4 is 5.32 Å². The van der Waals surface area contributed by atoms with Crippen LogP contribution in [0.2, 0.25) is 0 Å². The summed E-state index contributed by atoms with van der Waals surface area (Å²) < 4.78 is 41.2. The number of rotatable bonds is 6. The third-order valence-corrected chi connectivity index (χ3v) is 5.75. The lowest BCUT2D eigenvalue weighted by atomic mass is 10.1. The largest absolute Gasteiger partial charge is 0.478 e. The van der Waals surface area contributed by atoms with E-state index in [1.165, 1.54) is 35.0 Å². The Labute approximate surface area is 203 Å². The third-order valence-electron chi connectivity index (χ3n) is 5.75. The Morgan fingerprint density at radius 2 is 1.86 bits per heavy atom. The monoisotopic (exact) mass is 492 g/mol. The molecule has 4 aromatic rings. The van der Waals surface area contributed by atoms with E-state index in [4.69, 9.17) is 5.11 Å². The van der Waals surface area contributed by atoms with Crippen molar-refractivity contribution in [1.29, 1.82) is 5.26 Å². The van der Waals surface area contributed by atoms with Crippen molar-refractivity contribution in [2.24, 2.45) is 0 Å². The molecule has 0 fully saturated rings. The Morgan fingerprint density at radius 3 is 2.50 bits per heavy atom. The molecule has 0 aliphatic carbocycles. The van der Waals surface area contributed by atoms with Crippen molar-refractivity contribution in [3.63, 3.8) is 0 Å². The zero-order valence-electron chi connectivity index (χ0n) is 18.9. The standard InChI is InChI=1S/C26H19F3N4O3/c1-15(17-7-9-18(10-8-17)25(35)36)32-24(34)22-21(13-30)20-6-3-11-31-23(20)33(22)14-16-4-2-5-19(12-16)26(27,28)29/h2-12,15H,14H2,1H3,(H,32,34)(H,35,36). The minimum Gasteiger partial charge on any atom is -0.478 e. The highest BCUT2D eigenvalue weighted by molar-refractivity contribution is 6.02. The smallest absolute Gasteiger partial charge is 0.416 e. The first-order chi connectivity index (χ1) is 17.1. The van der Waals surface area contributed by atoms with Crippen molar-refractivity contribution >= 4 is 22.9 Å². The number of aromatic nitrogens is 2. The molecule has 10 heteroatoms. The number of carbonyl (C=O) groups excluding carboxylic acids is 1. The van der Waals surface area contributed by atoms with Gasteiger partial charge in [0.1, 0.15) is 17.4 Å². The number of halogens is 3. The zero-order valence-corrected chi connectivity index (χ0v) is 18.9. The van der Waals surface area contributed by atoms with Gasteiger partial charge in [0, 0.05) is 18.1 Å². The van der Waals surface area contributed by atoms with Gasteiger partial charge in [-0.3, -0.25) is 4.79 Å². The van der Waals surface area contributed by atoms with Gasteiger partial charge in [-0.2, -0.15) is 18.4 Å². The number of aromatic carboxylic acids is 1. The van der Waals surface area contributed by atoms with Crippen LogP contribution in [0, 0.1) is 11.3 Å². The number of benzene rings is 2. The number of pyridine rings is 1. The van der Waals surface area contributed by atoms with Crippen molar-refractivity contribution in [2.75, 3.05) is 0 Å². The molecule has 0 aliphatic rings. The fourth-order valence-corrected chi connectivity index (χ4v) is 3.97. The van der Waals surface area contributed by atoms with Gasteiger partial charge in [-0.05, 0) is 54.4 Å². The van der Waals surface area contributed by atoms with E-state index in [0.717, 1.165) is 12.1 Å². The Bertz CT molecular complexity index is 1500. The first kappa shape index (κ1) is 24.5. The number of amides is 1. The van der Waals surface area contributed by atoms with E-state index in [9.17, 15) is 28.0 Å². The average Bonchev–Trinajstić information content (AvgIpc) is 3.17. The van der Waals surface area contributed by atoms with Gasteiger partial charge in [-0.15, -0.1) is 0 Å². The van der Waals surface area contributed by atoms with E-state index in [1.807, 2.05) is 6.07 Å². The van der Waals surface area contributed by atoms with Crippen molar-refractivity contribution in [1.82, 2.24) is 14.9 Å². The number of nitrogens with one attached hydrogen (secondary N) is 1. The summed E-state index contributed by atoms with van der Waals surface area (Å²) in [6, 6.07) is 15.4. The number of nitriles is 1. The maximum absolute atomic E-state index is 13.4. The number of fused-ring (bicyclic) bond motifs is 1. The molecule has 2 heterocycles. The van der Waals surface area contributed by atoms with Crippen LogP contribution in [0.15, 0.2) is 66.9 Å². The Balaban J connectivity index is 1.74. The van der Waals surface area contributed by atoms with Gasteiger partial charge >= 0.3 is 12.1 Å². The topological polar surface area (TPSA) is 108 Å². The fourth-order valence-electron chi connectivity index (χ4n) is 3.97. The van der Waals surface area contributed by atoms with Gasteiger partial charge in [0.25, 0.3) is 5.91 Å². The molecule has 0 saturated carbocycles. The molecule has 0 saturated heterocycles. The van der Waals surface area contributed by atoms with Crippen molar-refractivity contribution in [2.45, 2.75) is 25.7 Å². The van der Waals surface area contributed by atoms with Crippen LogP contribution in [0.5, 0.6) is 0 Å². The molecule has 4 rings (SSSR count). The van der Waals surface area contributed by atoms with E-state index in [-0.39, 0.29) is 34.6 Å². The summed E-state index contributed by atoms with van der Waals surface area (Å²) >= 11 is 0. The second-order valence-electron chi connectivity index (χ2n) is 8.12. The molecule has 1 atom stereocenters. The lowest BCUT2D eigenvalue weighted by Gasteiger charge is -2.17. The molecule has 2 aromatic carbocycles. The molecule has 1 unspecified atom stereocenters. The fraction of sp³-hybridized carbons (Fsp3) is 0.154. The van der Waals surface area contributed by atoms with E-state index in [1.54, 1.807) is 31.2 Å². The normalized spacial score (nSPS) is 12.2. The lowest BCUT2D eigenvalue weighted by Crippen LogP contribution is -2.29. The molecule has 0 radical (unpaired) electrons. The van der Waals surface area contributed by atoms with Crippen molar-refractivity contribution < 1.29 is 27.9 Å². The second-order valence-corrected chi connectivity index (χ2v) is 8.12. The summed E-state index contributed by atoms with van der Waals surface area (Å²) in [7, 11) is 0. The molecule has 0 aliphatic heterocycles. The number of carboxylic acid groups (broad SMARTS) is 1. The van der Waals surface area contributed by atoms with Crippen LogP contribution in [-0.2, 0) is 12.7 Å². The molecule has 7 nitrogen and oxygen atoms in total. The number of hydrogen-bond donors (Lipinski definition) is 2. The molecular weight excluding hydrogens is 473 g/mol. The van der Waals surface area contributed by atoms with Gasteiger partial charge in [0.05, 0.1) is 22.7 Å². The van der Waals surface area contributed by atoms with Gasteiger partial charge in [-0.25, -0.2) is 9.78 Å². The second kappa shape index (κ2) is 9.54. The van der Waals surface area contributed by atoms with E-state index < -0.39 is 29.7 Å². The first-order valence-electron chi connectivity index (χ1n) is 10.8. The molecule has 1 amide bonds. The lowest BCUT2D eigenvalue weighted by molar-refractivity contribution is -0.137. The Kier molecular flexibility index (Phi) is 6.49. The zero-order chi connectivity index (χ0) is 26.0. The summed E-state index contributed by atoms with van der Waals surface area (Å²) in [5.41, 5.74) is 0.489. The van der Waals surface area contributed by atoms with Crippen LogP contribution in [0.25, 0.3) is 11.0 Å². The van der Waals surface area contributed by atoms with Gasteiger partial charge < -0.3 is 15.0 Å². The number of carbonyl (C=O) groups is 2. The number of alkyl halides is 3. The Hall–Kier alpha value is -4.65. The van der Waals surface area contributed by atoms with Gasteiger partial charge in [0.15, 0.2) is 0 Å². The highest BCUT2D eigenvalue weighted by Crippen LogP contribution is 2.31. The maximum atomic E-state index is 13.4. The minimum absolute atomic E-state index is 0.0300. The molecule has 2 aromatic heterocycles. The van der Waals surface area contributed by atoms with Crippen LogP contribution >= 0.6 is 0 Å². The minimum atomic E-state index is -4.53. The molecule has 0 spiro atoms. The van der Waals surface area contributed by atoms with Crippen LogP contribution in [0.1, 0.15) is 56.1 Å². The summed E-state index contributed by atoms with van der Waals surface area (Å²) in [4.78, 5) is 28.8. The molecule has 36 heavy (non-hydrogen) atoms. The predicted octanol–water partition coefficient (Wildman–Crippen LogP) is 5.16. The summed E-state index contributed by atoms with van der Waals surface area (Å²) in [5.74, 6) is -1.70. The summed E-state index contributed by atoms with van der Waals surface area (Å²) in [5, 5.41) is 22.1. The SMILES string of the molecule is CC(NC(=O)c1c(C#N)c2cccnc2n1Cc1cccc(C(F)(F)F)c1)c1ccc(C(=O)O)cc1. The predicted molar refractivity (Wildman–Crippen MR) is 124 cm³/mol. The average molecular weight is 492 g/mol. The summed E-state index contributed by atoms with van der Waals surface area (Å²) in [6.07, 6.45) is -3.06.